The van der Waals surface area contributed by atoms with Crippen LogP contribution in [0.5, 0.6) is 0 Å². The highest BCUT2D eigenvalue weighted by Crippen LogP contribution is 2.33. The van der Waals surface area contributed by atoms with E-state index in [2.05, 4.69) is 9.44 Å². The van der Waals surface area contributed by atoms with Gasteiger partial charge in [0.25, 0.3) is 10.2 Å². The fraction of sp³-hybridized carbons (Fsp3) is 0.625. The first kappa shape index (κ1) is 15.9. The van der Waals surface area contributed by atoms with E-state index in [-0.39, 0.29) is 18.1 Å². The Labute approximate surface area is 132 Å². The monoisotopic (exact) mass is 324 g/mol. The Bertz CT molecular complexity index is 570. The predicted octanol–water partition coefficient (Wildman–Crippen LogP) is 2.13. The first-order chi connectivity index (χ1) is 10.6. The molecular weight excluding hydrogens is 300 g/mol. The summed E-state index contributed by atoms with van der Waals surface area (Å²) in [5, 5.41) is 0. The minimum absolute atomic E-state index is 0.0182. The maximum atomic E-state index is 12.1. The Morgan fingerprint density at radius 1 is 1.09 bits per heavy atom. The molecule has 5 nitrogen and oxygen atoms in total. The number of hydrogen-bond acceptors (Lipinski definition) is 3. The van der Waals surface area contributed by atoms with Gasteiger partial charge in [0.2, 0.25) is 0 Å². The van der Waals surface area contributed by atoms with Crippen LogP contribution in [0, 0.1) is 5.92 Å². The second-order valence-electron chi connectivity index (χ2n) is 6.20. The van der Waals surface area contributed by atoms with Gasteiger partial charge in [-0.05, 0) is 24.8 Å². The highest BCUT2D eigenvalue weighted by molar-refractivity contribution is 7.87. The van der Waals surface area contributed by atoms with Crippen LogP contribution in [0.3, 0.4) is 0 Å². The molecule has 2 fully saturated rings. The predicted molar refractivity (Wildman–Crippen MR) is 85.6 cm³/mol. The number of ether oxygens (including phenoxy) is 1. The van der Waals surface area contributed by atoms with Gasteiger partial charge in [0.05, 0.1) is 6.10 Å². The maximum Gasteiger partial charge on any atom is 0.277 e. The highest BCUT2D eigenvalue weighted by Gasteiger charge is 2.31. The summed E-state index contributed by atoms with van der Waals surface area (Å²) in [6.45, 7) is 1.10. The fourth-order valence-electron chi connectivity index (χ4n) is 3.38. The SMILES string of the molecule is O=S(=O)(NC[C@@H]1CCO[C@H]1c1ccccc1)NC1CCCC1. The summed E-state index contributed by atoms with van der Waals surface area (Å²) in [4.78, 5) is 0. The summed E-state index contributed by atoms with van der Waals surface area (Å²) in [6.07, 6.45) is 4.97. The lowest BCUT2D eigenvalue weighted by atomic mass is 9.96. The van der Waals surface area contributed by atoms with E-state index in [1.807, 2.05) is 30.3 Å². The van der Waals surface area contributed by atoms with Gasteiger partial charge in [-0.25, -0.2) is 4.72 Å². The zero-order chi connectivity index (χ0) is 15.4. The normalized spacial score (nSPS) is 26.5. The standard InChI is InChI=1S/C16H24N2O3S/c19-22(20,18-15-8-4-5-9-15)17-12-14-10-11-21-16(14)13-6-2-1-3-7-13/h1-3,6-7,14-18H,4-5,8-12H2/t14-,16-/m0/s1. The first-order valence-corrected chi connectivity index (χ1v) is 9.56. The van der Waals surface area contributed by atoms with E-state index in [1.54, 1.807) is 0 Å². The maximum absolute atomic E-state index is 12.1. The largest absolute Gasteiger partial charge is 0.373 e. The summed E-state index contributed by atoms with van der Waals surface area (Å²) in [5.41, 5.74) is 1.12. The quantitative estimate of drug-likeness (QED) is 0.842. The molecule has 1 aliphatic carbocycles. The molecule has 22 heavy (non-hydrogen) atoms. The van der Waals surface area contributed by atoms with Crippen molar-refractivity contribution in [2.75, 3.05) is 13.2 Å². The third-order valence-corrected chi connectivity index (χ3v) is 5.75. The molecule has 1 aromatic carbocycles. The summed E-state index contributed by atoms with van der Waals surface area (Å²) >= 11 is 0. The molecule has 0 aromatic heterocycles. The zero-order valence-corrected chi connectivity index (χ0v) is 13.5. The zero-order valence-electron chi connectivity index (χ0n) is 12.7. The van der Waals surface area contributed by atoms with E-state index in [0.29, 0.717) is 13.2 Å². The average molecular weight is 324 g/mol. The number of benzene rings is 1. The van der Waals surface area contributed by atoms with E-state index in [4.69, 9.17) is 4.74 Å². The van der Waals surface area contributed by atoms with Crippen molar-refractivity contribution >= 4 is 10.2 Å². The van der Waals surface area contributed by atoms with Crippen molar-refractivity contribution in [2.24, 2.45) is 5.92 Å². The van der Waals surface area contributed by atoms with Gasteiger partial charge in [-0.15, -0.1) is 0 Å². The molecule has 122 valence electrons. The molecule has 1 saturated carbocycles. The minimum Gasteiger partial charge on any atom is -0.373 e. The summed E-state index contributed by atoms with van der Waals surface area (Å²) in [6, 6.07) is 10.1. The summed E-state index contributed by atoms with van der Waals surface area (Å²) < 4.78 is 35.5. The molecule has 1 heterocycles. The van der Waals surface area contributed by atoms with E-state index in [1.165, 1.54) is 0 Å². The van der Waals surface area contributed by atoms with Gasteiger partial charge >= 0.3 is 0 Å². The van der Waals surface area contributed by atoms with Gasteiger partial charge in [0, 0.05) is 25.1 Å². The van der Waals surface area contributed by atoms with Gasteiger partial charge < -0.3 is 4.74 Å². The number of nitrogens with one attached hydrogen (secondary N) is 2. The van der Waals surface area contributed by atoms with Crippen LogP contribution < -0.4 is 9.44 Å². The minimum atomic E-state index is -3.41. The molecular formula is C16H24N2O3S. The lowest BCUT2D eigenvalue weighted by Crippen LogP contribution is -2.43. The number of hydrogen-bond donors (Lipinski definition) is 2. The van der Waals surface area contributed by atoms with Crippen molar-refractivity contribution < 1.29 is 13.2 Å². The van der Waals surface area contributed by atoms with Crippen molar-refractivity contribution in [3.05, 3.63) is 35.9 Å². The molecule has 0 bridgehead atoms. The second kappa shape index (κ2) is 7.08. The molecule has 1 aromatic rings. The van der Waals surface area contributed by atoms with E-state index in [9.17, 15) is 8.42 Å². The molecule has 6 heteroatoms. The Kier molecular flexibility index (Phi) is 5.13. The van der Waals surface area contributed by atoms with Crippen molar-refractivity contribution in [2.45, 2.75) is 44.2 Å². The van der Waals surface area contributed by atoms with Crippen molar-refractivity contribution in [1.29, 1.82) is 0 Å². The van der Waals surface area contributed by atoms with Gasteiger partial charge in [-0.1, -0.05) is 43.2 Å². The molecule has 0 amide bonds. The van der Waals surface area contributed by atoms with E-state index < -0.39 is 10.2 Å². The first-order valence-electron chi connectivity index (χ1n) is 8.07. The summed E-state index contributed by atoms with van der Waals surface area (Å²) in [7, 11) is -3.41. The molecule has 1 saturated heterocycles. The van der Waals surface area contributed by atoms with Crippen LogP contribution in [-0.2, 0) is 14.9 Å². The smallest absolute Gasteiger partial charge is 0.277 e. The lowest BCUT2D eigenvalue weighted by molar-refractivity contribution is 0.0917. The van der Waals surface area contributed by atoms with Crippen LogP contribution in [0.4, 0.5) is 0 Å². The molecule has 2 aliphatic rings. The van der Waals surface area contributed by atoms with Crippen molar-refractivity contribution in [3.8, 4) is 0 Å². The second-order valence-corrected chi connectivity index (χ2v) is 7.73. The number of rotatable bonds is 6. The van der Waals surface area contributed by atoms with Gasteiger partial charge in [-0.3, -0.25) is 0 Å². The third kappa shape index (κ3) is 4.07. The molecule has 0 spiro atoms. The van der Waals surface area contributed by atoms with Crippen LogP contribution in [-0.4, -0.2) is 27.6 Å². The Balaban J connectivity index is 1.55. The van der Waals surface area contributed by atoms with Gasteiger partial charge in [0.1, 0.15) is 0 Å². The van der Waals surface area contributed by atoms with Gasteiger partial charge in [-0.2, -0.15) is 13.1 Å². The van der Waals surface area contributed by atoms with Crippen LogP contribution in [0.15, 0.2) is 30.3 Å². The highest BCUT2D eigenvalue weighted by atomic mass is 32.2. The Morgan fingerprint density at radius 2 is 1.82 bits per heavy atom. The Hall–Kier alpha value is -0.950. The van der Waals surface area contributed by atoms with Crippen LogP contribution in [0.1, 0.15) is 43.8 Å². The summed E-state index contributed by atoms with van der Waals surface area (Å²) in [5.74, 6) is 0.183. The Morgan fingerprint density at radius 3 is 2.55 bits per heavy atom. The van der Waals surface area contributed by atoms with Crippen LogP contribution in [0.2, 0.25) is 0 Å². The third-order valence-electron chi connectivity index (χ3n) is 4.55. The molecule has 0 unspecified atom stereocenters. The van der Waals surface area contributed by atoms with E-state index in [0.717, 1.165) is 37.7 Å². The van der Waals surface area contributed by atoms with Crippen LogP contribution >= 0.6 is 0 Å². The van der Waals surface area contributed by atoms with Crippen LogP contribution in [0.25, 0.3) is 0 Å². The van der Waals surface area contributed by atoms with Crippen molar-refractivity contribution in [3.63, 3.8) is 0 Å². The fourth-order valence-corrected chi connectivity index (χ4v) is 4.57. The van der Waals surface area contributed by atoms with Crippen molar-refractivity contribution in [1.82, 2.24) is 9.44 Å². The molecule has 2 atom stereocenters. The molecule has 1 aliphatic heterocycles. The lowest BCUT2D eigenvalue weighted by Gasteiger charge is -2.20. The van der Waals surface area contributed by atoms with Gasteiger partial charge in [0.15, 0.2) is 0 Å². The topological polar surface area (TPSA) is 67.4 Å². The van der Waals surface area contributed by atoms with E-state index >= 15 is 0 Å². The molecule has 2 N–H and O–H groups in total. The average Bonchev–Trinajstić information content (AvgIpc) is 3.17. The molecule has 3 rings (SSSR count). The molecule has 0 radical (unpaired) electrons.